The van der Waals surface area contributed by atoms with E-state index in [0.717, 1.165) is 15.6 Å². The Morgan fingerprint density at radius 1 is 1.07 bits per heavy atom. The van der Waals surface area contributed by atoms with Gasteiger partial charge in [0.15, 0.2) is 0 Å². The maximum absolute atomic E-state index is 12.2. The van der Waals surface area contributed by atoms with Crippen LogP contribution in [0.4, 0.5) is 0 Å². The molecule has 0 saturated carbocycles. The van der Waals surface area contributed by atoms with Gasteiger partial charge in [-0.3, -0.25) is 4.79 Å². The second-order valence-electron chi connectivity index (χ2n) is 5.93. The van der Waals surface area contributed by atoms with Crippen LogP contribution in [-0.4, -0.2) is 27.0 Å². The number of nitrogens with zero attached hydrogens (tertiary/aromatic N) is 4. The van der Waals surface area contributed by atoms with Crippen molar-refractivity contribution in [2.45, 2.75) is 6.54 Å². The number of hydrogen-bond donors (Lipinski definition) is 0. The Bertz CT molecular complexity index is 1170. The molecule has 140 valence electrons. The lowest BCUT2D eigenvalue weighted by molar-refractivity contribution is 0.363. The molecule has 4 aromatic rings. The Kier molecular flexibility index (Phi) is 5.03. The van der Waals surface area contributed by atoms with Gasteiger partial charge in [-0.25, -0.2) is 4.68 Å². The summed E-state index contributed by atoms with van der Waals surface area (Å²) in [5, 5.41) is 8.42. The highest BCUT2D eigenvalue weighted by Gasteiger charge is 2.13. The van der Waals surface area contributed by atoms with Crippen molar-refractivity contribution < 1.29 is 9.26 Å². The molecule has 0 unspecified atom stereocenters. The predicted molar refractivity (Wildman–Crippen MR) is 107 cm³/mol. The van der Waals surface area contributed by atoms with Crippen molar-refractivity contribution in [3.05, 3.63) is 81.4 Å². The lowest BCUT2D eigenvalue weighted by Crippen LogP contribution is -2.23. The molecule has 2 aromatic heterocycles. The van der Waals surface area contributed by atoms with Crippen LogP contribution in [0, 0.1) is 0 Å². The van der Waals surface area contributed by atoms with E-state index in [1.54, 1.807) is 13.2 Å². The Morgan fingerprint density at radius 2 is 1.86 bits per heavy atom. The van der Waals surface area contributed by atoms with Gasteiger partial charge in [-0.05, 0) is 42.5 Å². The molecule has 0 bridgehead atoms. The highest BCUT2D eigenvalue weighted by Crippen LogP contribution is 2.27. The maximum Gasteiger partial charge on any atom is 0.267 e. The number of para-hydroxylation sites is 1. The fourth-order valence-electron chi connectivity index (χ4n) is 2.73. The number of hydrogen-bond acceptors (Lipinski definition) is 6. The molecule has 0 fully saturated rings. The third-order valence-electron chi connectivity index (χ3n) is 4.11. The molecule has 2 aromatic carbocycles. The molecule has 2 heterocycles. The molecule has 4 rings (SSSR count). The van der Waals surface area contributed by atoms with Gasteiger partial charge in [0.2, 0.25) is 11.7 Å². The van der Waals surface area contributed by atoms with Gasteiger partial charge in [0.1, 0.15) is 12.3 Å². The first kappa shape index (κ1) is 18.1. The van der Waals surface area contributed by atoms with E-state index in [-0.39, 0.29) is 12.1 Å². The molecule has 0 N–H and O–H groups in total. The number of benzene rings is 2. The molecular weight excluding hydrogens is 424 g/mol. The first-order chi connectivity index (χ1) is 13.6. The van der Waals surface area contributed by atoms with Crippen LogP contribution in [-0.2, 0) is 6.54 Å². The molecule has 0 aliphatic heterocycles. The highest BCUT2D eigenvalue weighted by molar-refractivity contribution is 9.10. The zero-order valence-corrected chi connectivity index (χ0v) is 16.5. The Labute approximate surface area is 168 Å². The average Bonchev–Trinajstić information content (AvgIpc) is 3.19. The summed E-state index contributed by atoms with van der Waals surface area (Å²) in [5.41, 5.74) is 1.97. The van der Waals surface area contributed by atoms with Crippen LogP contribution in [0.3, 0.4) is 0 Å². The Morgan fingerprint density at radius 3 is 2.64 bits per heavy atom. The minimum Gasteiger partial charge on any atom is -0.496 e. The van der Waals surface area contributed by atoms with Gasteiger partial charge in [0.25, 0.3) is 5.56 Å². The lowest BCUT2D eigenvalue weighted by atomic mass is 10.1. The van der Waals surface area contributed by atoms with Crippen molar-refractivity contribution >= 4 is 15.9 Å². The van der Waals surface area contributed by atoms with E-state index < -0.39 is 0 Å². The van der Waals surface area contributed by atoms with Crippen LogP contribution in [0.15, 0.2) is 74.5 Å². The first-order valence-electron chi connectivity index (χ1n) is 8.44. The van der Waals surface area contributed by atoms with E-state index in [4.69, 9.17) is 9.26 Å². The zero-order valence-electron chi connectivity index (χ0n) is 14.9. The number of halogens is 1. The molecule has 0 spiro atoms. The number of methoxy groups -OCH3 is 1. The van der Waals surface area contributed by atoms with Crippen LogP contribution in [0.2, 0.25) is 0 Å². The summed E-state index contributed by atoms with van der Waals surface area (Å²) in [7, 11) is 1.59. The lowest BCUT2D eigenvalue weighted by Gasteiger charge is -2.09. The number of ether oxygens (including phenoxy) is 1. The van der Waals surface area contributed by atoms with E-state index in [9.17, 15) is 4.79 Å². The van der Waals surface area contributed by atoms with Crippen LogP contribution >= 0.6 is 15.9 Å². The normalized spacial score (nSPS) is 10.8. The molecule has 28 heavy (non-hydrogen) atoms. The standard InChI is InChI=1S/C20H15BrN4O3/c1-27-17-5-3-2-4-15(17)16-10-11-19(26)25(23-16)12-18-22-20(24-28-18)13-6-8-14(21)9-7-13/h2-11H,12H2,1H3. The topological polar surface area (TPSA) is 83.0 Å². The smallest absolute Gasteiger partial charge is 0.267 e. The van der Waals surface area contributed by atoms with Gasteiger partial charge in [-0.15, -0.1) is 0 Å². The molecule has 0 radical (unpaired) electrons. The average molecular weight is 439 g/mol. The van der Waals surface area contributed by atoms with Crippen LogP contribution < -0.4 is 10.3 Å². The van der Waals surface area contributed by atoms with Crippen molar-refractivity contribution in [2.75, 3.05) is 7.11 Å². The van der Waals surface area contributed by atoms with E-state index in [1.165, 1.54) is 10.7 Å². The predicted octanol–water partition coefficient (Wildman–Crippen LogP) is 3.78. The number of aromatic nitrogens is 4. The van der Waals surface area contributed by atoms with E-state index in [0.29, 0.717) is 23.2 Å². The summed E-state index contributed by atoms with van der Waals surface area (Å²) >= 11 is 3.39. The zero-order chi connectivity index (χ0) is 19.5. The number of rotatable bonds is 5. The third-order valence-corrected chi connectivity index (χ3v) is 4.63. The SMILES string of the molecule is COc1ccccc1-c1ccc(=O)n(Cc2nc(-c3ccc(Br)cc3)no2)n1. The van der Waals surface area contributed by atoms with Gasteiger partial charge in [0.05, 0.1) is 12.8 Å². The fourth-order valence-corrected chi connectivity index (χ4v) is 2.99. The molecule has 0 amide bonds. The van der Waals surface area contributed by atoms with Gasteiger partial charge >= 0.3 is 0 Å². The summed E-state index contributed by atoms with van der Waals surface area (Å²) in [6.45, 7) is 0.0748. The first-order valence-corrected chi connectivity index (χ1v) is 9.23. The second-order valence-corrected chi connectivity index (χ2v) is 6.85. The summed E-state index contributed by atoms with van der Waals surface area (Å²) < 4.78 is 12.9. The molecule has 0 atom stereocenters. The maximum atomic E-state index is 12.2. The van der Waals surface area contributed by atoms with Crippen molar-refractivity contribution in [1.82, 2.24) is 19.9 Å². The molecule has 7 nitrogen and oxygen atoms in total. The summed E-state index contributed by atoms with van der Waals surface area (Å²) in [6.07, 6.45) is 0. The quantitative estimate of drug-likeness (QED) is 0.471. The summed E-state index contributed by atoms with van der Waals surface area (Å²) in [6, 6.07) is 18.2. The van der Waals surface area contributed by atoms with Crippen LogP contribution in [0.5, 0.6) is 5.75 Å². The van der Waals surface area contributed by atoms with E-state index in [2.05, 4.69) is 31.2 Å². The van der Waals surface area contributed by atoms with Crippen molar-refractivity contribution in [2.24, 2.45) is 0 Å². The van der Waals surface area contributed by atoms with Crippen LogP contribution in [0.25, 0.3) is 22.6 Å². The molecule has 8 heteroatoms. The summed E-state index contributed by atoms with van der Waals surface area (Å²) in [5.74, 6) is 1.43. The van der Waals surface area contributed by atoms with E-state index >= 15 is 0 Å². The van der Waals surface area contributed by atoms with Gasteiger partial charge in [-0.2, -0.15) is 10.1 Å². The Hall–Kier alpha value is -3.26. The van der Waals surface area contributed by atoms with Crippen LogP contribution in [0.1, 0.15) is 5.89 Å². The van der Waals surface area contributed by atoms with Crippen molar-refractivity contribution in [3.8, 4) is 28.4 Å². The van der Waals surface area contributed by atoms with E-state index in [1.807, 2.05) is 48.5 Å². The largest absolute Gasteiger partial charge is 0.496 e. The van der Waals surface area contributed by atoms with Gasteiger partial charge in [-0.1, -0.05) is 33.2 Å². The van der Waals surface area contributed by atoms with Gasteiger partial charge in [0, 0.05) is 21.7 Å². The fraction of sp³-hybridized carbons (Fsp3) is 0.100. The van der Waals surface area contributed by atoms with Crippen molar-refractivity contribution in [3.63, 3.8) is 0 Å². The summed E-state index contributed by atoms with van der Waals surface area (Å²) in [4.78, 5) is 16.6. The minimum absolute atomic E-state index is 0.0748. The molecule has 0 aliphatic rings. The molecular formula is C20H15BrN4O3. The molecule has 0 saturated heterocycles. The third kappa shape index (κ3) is 3.72. The van der Waals surface area contributed by atoms with Crippen molar-refractivity contribution in [1.29, 1.82) is 0 Å². The Balaban J connectivity index is 1.64. The minimum atomic E-state index is -0.262. The highest BCUT2D eigenvalue weighted by atomic mass is 79.9. The second kappa shape index (κ2) is 7.77. The molecule has 0 aliphatic carbocycles. The monoisotopic (exact) mass is 438 g/mol. The van der Waals surface area contributed by atoms with Gasteiger partial charge < -0.3 is 9.26 Å².